The maximum Gasteiger partial charge on any atom is 0.191 e. The van der Waals surface area contributed by atoms with Crippen molar-refractivity contribution in [3.63, 3.8) is 0 Å². The molecule has 2 N–H and O–H groups in total. The zero-order chi connectivity index (χ0) is 16.6. The molecule has 0 aromatic carbocycles. The summed E-state index contributed by atoms with van der Waals surface area (Å²) in [7, 11) is -1.22. The molecule has 1 rings (SSSR count). The summed E-state index contributed by atoms with van der Waals surface area (Å²) in [6.45, 7) is 5.68. The van der Waals surface area contributed by atoms with Crippen molar-refractivity contribution >= 4 is 39.8 Å². The van der Waals surface area contributed by atoms with Crippen LogP contribution in [0.5, 0.6) is 0 Å². The molecule has 0 aliphatic rings. The van der Waals surface area contributed by atoms with E-state index in [0.29, 0.717) is 18.3 Å². The largest absolute Gasteiger partial charge is 0.356 e. The van der Waals surface area contributed by atoms with Gasteiger partial charge in [0.25, 0.3) is 0 Å². The second-order valence-electron chi connectivity index (χ2n) is 5.75. The van der Waals surface area contributed by atoms with E-state index in [9.17, 15) is 8.42 Å². The number of hydrogen-bond donors (Lipinski definition) is 2. The molecule has 2 unspecified atom stereocenters. The van der Waals surface area contributed by atoms with Gasteiger partial charge in [-0.05, 0) is 25.3 Å². The number of hydrogen-bond acceptors (Lipinski definition) is 4. The zero-order valence-electron chi connectivity index (χ0n) is 14.2. The van der Waals surface area contributed by atoms with Gasteiger partial charge in [0.1, 0.15) is 9.84 Å². The Hall–Kier alpha value is -0.840. The van der Waals surface area contributed by atoms with Crippen LogP contribution in [0.4, 0.5) is 0 Å². The van der Waals surface area contributed by atoms with Crippen molar-refractivity contribution in [1.29, 1.82) is 0 Å². The lowest BCUT2D eigenvalue weighted by Gasteiger charge is -2.19. The molecule has 0 saturated carbocycles. The fourth-order valence-corrected chi connectivity index (χ4v) is 2.74. The minimum Gasteiger partial charge on any atom is -0.356 e. The molecule has 0 fully saturated rings. The van der Waals surface area contributed by atoms with Crippen LogP contribution in [0.2, 0.25) is 0 Å². The van der Waals surface area contributed by atoms with Gasteiger partial charge in [0.15, 0.2) is 5.96 Å². The van der Waals surface area contributed by atoms with E-state index in [-0.39, 0.29) is 35.8 Å². The smallest absolute Gasteiger partial charge is 0.191 e. The molecule has 0 bridgehead atoms. The van der Waals surface area contributed by atoms with Crippen LogP contribution in [-0.4, -0.2) is 55.8 Å². The van der Waals surface area contributed by atoms with Gasteiger partial charge in [-0.3, -0.25) is 9.67 Å². The van der Waals surface area contributed by atoms with Crippen LogP contribution < -0.4 is 10.6 Å². The van der Waals surface area contributed by atoms with Crippen molar-refractivity contribution in [2.24, 2.45) is 10.9 Å². The molecule has 23 heavy (non-hydrogen) atoms. The van der Waals surface area contributed by atoms with E-state index < -0.39 is 9.84 Å². The predicted molar refractivity (Wildman–Crippen MR) is 105 cm³/mol. The lowest BCUT2D eigenvalue weighted by molar-refractivity contribution is 0.442. The Kier molecular flexibility index (Phi) is 10.4. The molecule has 1 aromatic heterocycles. The van der Waals surface area contributed by atoms with E-state index in [1.54, 1.807) is 13.2 Å². The fraction of sp³-hybridized carbons (Fsp3) is 0.714. The number of halogens is 1. The Morgan fingerprint density at radius 1 is 1.39 bits per heavy atom. The van der Waals surface area contributed by atoms with Crippen LogP contribution in [0.25, 0.3) is 0 Å². The molecular weight excluding hydrogens is 429 g/mol. The van der Waals surface area contributed by atoms with Crippen molar-refractivity contribution in [1.82, 2.24) is 20.4 Å². The van der Waals surface area contributed by atoms with Gasteiger partial charge in [0.2, 0.25) is 0 Å². The average Bonchev–Trinajstić information content (AvgIpc) is 2.93. The lowest BCUT2D eigenvalue weighted by Crippen LogP contribution is -2.44. The van der Waals surface area contributed by atoms with Crippen LogP contribution in [0, 0.1) is 5.92 Å². The molecule has 0 spiro atoms. The molecule has 2 atom stereocenters. The van der Waals surface area contributed by atoms with Crippen molar-refractivity contribution < 1.29 is 8.42 Å². The summed E-state index contributed by atoms with van der Waals surface area (Å²) in [5.41, 5.74) is 0. The molecule has 0 saturated heterocycles. The quantitative estimate of drug-likeness (QED) is 0.347. The molecule has 1 heterocycles. The van der Waals surface area contributed by atoms with Crippen LogP contribution in [0.1, 0.15) is 20.3 Å². The number of nitrogens with zero attached hydrogens (tertiary/aromatic N) is 3. The SMILES string of the molecule is CN=C(NCC(C)Cn1cccn1)NC(C)CCS(C)(=O)=O.I. The average molecular weight is 457 g/mol. The first-order valence-corrected chi connectivity index (χ1v) is 9.48. The van der Waals surface area contributed by atoms with Crippen molar-refractivity contribution in [2.45, 2.75) is 32.9 Å². The van der Waals surface area contributed by atoms with Crippen LogP contribution in [0.15, 0.2) is 23.5 Å². The van der Waals surface area contributed by atoms with Crippen LogP contribution >= 0.6 is 24.0 Å². The highest BCUT2D eigenvalue weighted by atomic mass is 127. The lowest BCUT2D eigenvalue weighted by atomic mass is 10.2. The van der Waals surface area contributed by atoms with Crippen molar-refractivity contribution in [3.05, 3.63) is 18.5 Å². The number of sulfone groups is 1. The monoisotopic (exact) mass is 457 g/mol. The Labute approximate surface area is 156 Å². The zero-order valence-corrected chi connectivity index (χ0v) is 17.3. The van der Waals surface area contributed by atoms with Gasteiger partial charge in [-0.1, -0.05) is 6.92 Å². The van der Waals surface area contributed by atoms with Gasteiger partial charge in [-0.2, -0.15) is 5.10 Å². The molecular formula is C14H28IN5O2S. The Morgan fingerprint density at radius 3 is 2.61 bits per heavy atom. The normalized spacial score (nSPS) is 14.7. The van der Waals surface area contributed by atoms with Gasteiger partial charge < -0.3 is 10.6 Å². The van der Waals surface area contributed by atoms with Crippen LogP contribution in [0.3, 0.4) is 0 Å². The molecule has 134 valence electrons. The first kappa shape index (κ1) is 22.2. The third-order valence-corrected chi connectivity index (χ3v) is 4.18. The fourth-order valence-electron chi connectivity index (χ4n) is 1.95. The molecule has 9 heteroatoms. The van der Waals surface area contributed by atoms with E-state index in [4.69, 9.17) is 0 Å². The van der Waals surface area contributed by atoms with E-state index in [1.165, 1.54) is 6.26 Å². The third kappa shape index (κ3) is 10.5. The third-order valence-electron chi connectivity index (χ3n) is 3.20. The van der Waals surface area contributed by atoms with E-state index >= 15 is 0 Å². The summed E-state index contributed by atoms with van der Waals surface area (Å²) in [4.78, 5) is 4.16. The predicted octanol–water partition coefficient (Wildman–Crippen LogP) is 1.13. The highest BCUT2D eigenvalue weighted by Crippen LogP contribution is 1.99. The Bertz CT molecular complexity index is 560. The van der Waals surface area contributed by atoms with Crippen molar-refractivity contribution in [2.75, 3.05) is 25.6 Å². The minimum atomic E-state index is -2.93. The maximum atomic E-state index is 11.2. The van der Waals surface area contributed by atoms with E-state index in [1.807, 2.05) is 23.9 Å². The van der Waals surface area contributed by atoms with Crippen molar-refractivity contribution in [3.8, 4) is 0 Å². The van der Waals surface area contributed by atoms with E-state index in [0.717, 1.165) is 13.1 Å². The molecule has 0 aliphatic heterocycles. The summed E-state index contributed by atoms with van der Waals surface area (Å²) < 4.78 is 24.3. The minimum absolute atomic E-state index is 0. The highest BCUT2D eigenvalue weighted by Gasteiger charge is 2.10. The number of nitrogens with one attached hydrogen (secondary N) is 2. The first-order valence-electron chi connectivity index (χ1n) is 7.42. The number of aliphatic imine (C=N–C) groups is 1. The summed E-state index contributed by atoms with van der Waals surface area (Å²) in [5.74, 6) is 1.26. The number of aromatic nitrogens is 2. The number of rotatable bonds is 8. The van der Waals surface area contributed by atoms with Gasteiger partial charge in [-0.25, -0.2) is 8.42 Å². The molecule has 7 nitrogen and oxygen atoms in total. The van der Waals surface area contributed by atoms with E-state index in [2.05, 4.69) is 27.6 Å². The second-order valence-corrected chi connectivity index (χ2v) is 8.01. The van der Waals surface area contributed by atoms with Gasteiger partial charge >= 0.3 is 0 Å². The number of guanidine groups is 1. The Balaban J connectivity index is 0.00000484. The second kappa shape index (κ2) is 10.8. The molecule has 1 aromatic rings. The van der Waals surface area contributed by atoms with Gasteiger partial charge in [-0.15, -0.1) is 24.0 Å². The molecule has 0 amide bonds. The maximum absolute atomic E-state index is 11.2. The summed E-state index contributed by atoms with van der Waals surface area (Å²) >= 11 is 0. The topological polar surface area (TPSA) is 88.4 Å². The molecule has 0 aliphatic carbocycles. The molecule has 0 radical (unpaired) electrons. The van der Waals surface area contributed by atoms with Crippen LogP contribution in [-0.2, 0) is 16.4 Å². The van der Waals surface area contributed by atoms with Gasteiger partial charge in [0.05, 0.1) is 5.75 Å². The summed E-state index contributed by atoms with van der Waals surface area (Å²) in [5, 5.41) is 10.6. The summed E-state index contributed by atoms with van der Waals surface area (Å²) in [6, 6.07) is 1.95. The standard InChI is InChI=1S/C14H27N5O2S.HI/c1-12(11-19-8-5-7-17-19)10-16-14(15-3)18-13(2)6-9-22(4,20)21;/h5,7-8,12-13H,6,9-11H2,1-4H3,(H2,15,16,18);1H. The summed E-state index contributed by atoms with van der Waals surface area (Å²) in [6.07, 6.45) is 5.52. The first-order chi connectivity index (χ1) is 10.3. The highest BCUT2D eigenvalue weighted by molar-refractivity contribution is 14.0. The Morgan fingerprint density at radius 2 is 2.09 bits per heavy atom. The van der Waals surface area contributed by atoms with Gasteiger partial charge in [0, 0.05) is 44.8 Å².